The Morgan fingerprint density at radius 1 is 1.33 bits per heavy atom. The van der Waals surface area contributed by atoms with Gasteiger partial charge in [0.1, 0.15) is 18.5 Å². The van der Waals surface area contributed by atoms with E-state index in [4.69, 9.17) is 25.8 Å². The number of methoxy groups -OCH3 is 1. The molecular formula is C26H28ClN5O4. The molecule has 1 saturated heterocycles. The van der Waals surface area contributed by atoms with Crippen LogP contribution in [0.25, 0.3) is 11.3 Å². The van der Waals surface area contributed by atoms with Gasteiger partial charge in [-0.2, -0.15) is 0 Å². The number of halogens is 1. The summed E-state index contributed by atoms with van der Waals surface area (Å²) in [6.45, 7) is 2.80. The molecule has 1 aliphatic carbocycles. The van der Waals surface area contributed by atoms with Crippen LogP contribution in [0.5, 0.6) is 11.5 Å². The topological polar surface area (TPSA) is 101 Å². The number of morpholine rings is 1. The Bertz CT molecular complexity index is 1310. The number of para-hydroxylation sites is 1. The molecule has 36 heavy (non-hydrogen) atoms. The fraction of sp³-hybridized carbons (Fsp3) is 0.385. The molecule has 10 heteroatoms. The van der Waals surface area contributed by atoms with Crippen LogP contribution in [-0.2, 0) is 4.74 Å². The molecule has 0 bridgehead atoms. The number of nitrogens with zero attached hydrogens (tertiary/aromatic N) is 2. The molecule has 3 atom stereocenters. The molecule has 188 valence electrons. The second-order valence-electron chi connectivity index (χ2n) is 9.47. The molecule has 1 aromatic carbocycles. The molecule has 0 spiro atoms. The average Bonchev–Trinajstić information content (AvgIpc) is 3.55. The van der Waals surface area contributed by atoms with Crippen LogP contribution in [0.3, 0.4) is 0 Å². The lowest BCUT2D eigenvalue weighted by Gasteiger charge is -2.30. The fourth-order valence-corrected chi connectivity index (χ4v) is 5.33. The molecule has 3 N–H and O–H groups in total. The monoisotopic (exact) mass is 509 g/mol. The molecule has 3 aromatic rings. The van der Waals surface area contributed by atoms with Crippen LogP contribution >= 0.6 is 11.6 Å². The Morgan fingerprint density at radius 2 is 2.22 bits per heavy atom. The zero-order valence-electron chi connectivity index (χ0n) is 20.1. The molecule has 4 heterocycles. The molecule has 9 nitrogen and oxygen atoms in total. The Morgan fingerprint density at radius 3 is 3.06 bits per heavy atom. The van der Waals surface area contributed by atoms with Crippen LogP contribution in [-0.4, -0.2) is 73.4 Å². The van der Waals surface area contributed by atoms with E-state index in [9.17, 15) is 4.79 Å². The number of fused-ring (bicyclic) bond motifs is 3. The first-order valence-electron chi connectivity index (χ1n) is 12.1. The van der Waals surface area contributed by atoms with Gasteiger partial charge in [-0.25, -0.2) is 0 Å². The van der Waals surface area contributed by atoms with Crippen LogP contribution in [0.4, 0.5) is 11.4 Å². The smallest absolute Gasteiger partial charge is 0.255 e. The minimum atomic E-state index is -0.107. The number of nitrogens with one attached hydrogen (secondary N) is 3. The van der Waals surface area contributed by atoms with Crippen molar-refractivity contribution < 1.29 is 19.0 Å². The number of aromatic amines is 1. The van der Waals surface area contributed by atoms with E-state index in [1.807, 2.05) is 18.2 Å². The van der Waals surface area contributed by atoms with Gasteiger partial charge in [0.05, 0.1) is 47.6 Å². The van der Waals surface area contributed by atoms with E-state index < -0.39 is 0 Å². The normalized spacial score (nSPS) is 22.9. The molecular weight excluding hydrogens is 482 g/mol. The molecule has 3 aliphatic rings. The first-order valence-corrected chi connectivity index (χ1v) is 12.4. The number of amides is 1. The van der Waals surface area contributed by atoms with Crippen LogP contribution in [0, 0.1) is 0 Å². The quantitative estimate of drug-likeness (QED) is 0.445. The van der Waals surface area contributed by atoms with Crippen molar-refractivity contribution in [3.8, 4) is 22.8 Å². The van der Waals surface area contributed by atoms with Crippen LogP contribution < -0.4 is 20.1 Å². The van der Waals surface area contributed by atoms with Gasteiger partial charge in [0, 0.05) is 42.5 Å². The summed E-state index contributed by atoms with van der Waals surface area (Å²) in [7, 11) is 3.65. The van der Waals surface area contributed by atoms with Gasteiger partial charge in [-0.15, -0.1) is 0 Å². The number of hydrogen-bond acceptors (Lipinski definition) is 7. The van der Waals surface area contributed by atoms with Gasteiger partial charge >= 0.3 is 0 Å². The molecule has 0 radical (unpaired) electrons. The number of aromatic nitrogens is 2. The number of carbonyl (C=O) groups excluding carboxylic acids is 1. The zero-order chi connectivity index (χ0) is 24.8. The first kappa shape index (κ1) is 23.1. The number of rotatable bonds is 7. The van der Waals surface area contributed by atoms with Gasteiger partial charge in [0.2, 0.25) is 0 Å². The molecule has 2 fully saturated rings. The van der Waals surface area contributed by atoms with Gasteiger partial charge < -0.3 is 34.7 Å². The first-order chi connectivity index (χ1) is 17.5. The SMILES string of the molecule is COc1c(Cl)cccc1Nc1c(-c2ccncc2OC[C@@H]2CN(C)CCO2)[nH]c2c1C(=O)N[C@@H]1C[C@H]21. The van der Waals surface area contributed by atoms with Crippen molar-refractivity contribution in [3.05, 3.63) is 52.9 Å². The Kier molecular flexibility index (Phi) is 5.99. The lowest BCUT2D eigenvalue weighted by molar-refractivity contribution is -0.0403. The van der Waals surface area contributed by atoms with E-state index in [1.54, 1.807) is 25.6 Å². The number of carbonyl (C=O) groups is 1. The summed E-state index contributed by atoms with van der Waals surface area (Å²) in [5.41, 5.74) is 4.40. The predicted octanol–water partition coefficient (Wildman–Crippen LogP) is 3.79. The molecule has 6 rings (SSSR count). The maximum Gasteiger partial charge on any atom is 0.255 e. The standard InChI is InChI=1S/C26H28ClN5O4/c1-32-8-9-35-14(12-32)13-36-20-11-28-7-6-15(20)23-24(29-18-5-3-4-17(27)25(18)34-2)21-22(31-23)16-10-19(16)30-26(21)33/h3-7,11,14,16,19,29,31H,8-10,12-13H2,1-2H3,(H,30,33)/t14-,16-,19+/m0/s1. The van der Waals surface area contributed by atoms with Crippen LogP contribution in [0.1, 0.15) is 28.4 Å². The van der Waals surface area contributed by atoms with E-state index in [1.165, 1.54) is 0 Å². The van der Waals surface area contributed by atoms with Crippen molar-refractivity contribution in [2.45, 2.75) is 24.5 Å². The van der Waals surface area contributed by atoms with Gasteiger partial charge in [-0.3, -0.25) is 9.78 Å². The highest BCUT2D eigenvalue weighted by atomic mass is 35.5. The number of ether oxygens (including phenoxy) is 3. The van der Waals surface area contributed by atoms with Crippen molar-refractivity contribution in [3.63, 3.8) is 0 Å². The third-order valence-electron chi connectivity index (χ3n) is 6.99. The van der Waals surface area contributed by atoms with Gasteiger partial charge in [-0.05, 0) is 31.7 Å². The lowest BCUT2D eigenvalue weighted by Crippen LogP contribution is -2.42. The lowest BCUT2D eigenvalue weighted by atomic mass is 10.0. The largest absolute Gasteiger partial charge is 0.493 e. The molecule has 2 aromatic heterocycles. The summed E-state index contributed by atoms with van der Waals surface area (Å²) in [4.78, 5) is 23.2. The summed E-state index contributed by atoms with van der Waals surface area (Å²) >= 11 is 6.38. The Hall–Kier alpha value is -3.27. The fourth-order valence-electron chi connectivity index (χ4n) is 5.08. The van der Waals surface area contributed by atoms with Crippen molar-refractivity contribution in [2.75, 3.05) is 45.8 Å². The third-order valence-corrected chi connectivity index (χ3v) is 7.28. The van der Waals surface area contributed by atoms with E-state index in [2.05, 4.69) is 32.5 Å². The highest BCUT2D eigenvalue weighted by molar-refractivity contribution is 6.32. The molecule has 2 aliphatic heterocycles. The second-order valence-corrected chi connectivity index (χ2v) is 9.88. The average molecular weight is 510 g/mol. The van der Waals surface area contributed by atoms with Gasteiger partial charge in [0.15, 0.2) is 5.75 Å². The van der Waals surface area contributed by atoms with Gasteiger partial charge in [-0.1, -0.05) is 17.7 Å². The summed E-state index contributed by atoms with van der Waals surface area (Å²) in [6, 6.07) is 7.54. The number of benzene rings is 1. The van der Waals surface area contributed by atoms with E-state index >= 15 is 0 Å². The highest BCUT2D eigenvalue weighted by Gasteiger charge is 2.48. The predicted molar refractivity (Wildman–Crippen MR) is 137 cm³/mol. The van der Waals surface area contributed by atoms with Crippen molar-refractivity contribution in [1.82, 2.24) is 20.2 Å². The summed E-state index contributed by atoms with van der Waals surface area (Å²) in [5.74, 6) is 1.28. The number of pyridine rings is 1. The maximum atomic E-state index is 13.2. The number of H-pyrrole nitrogens is 1. The maximum absolute atomic E-state index is 13.2. The Labute approximate surface area is 214 Å². The zero-order valence-corrected chi connectivity index (χ0v) is 20.9. The van der Waals surface area contributed by atoms with Crippen LogP contribution in [0.15, 0.2) is 36.7 Å². The van der Waals surface area contributed by atoms with Crippen molar-refractivity contribution >= 4 is 28.9 Å². The molecule has 1 amide bonds. The number of hydrogen-bond donors (Lipinski definition) is 3. The van der Waals surface area contributed by atoms with E-state index in [0.717, 1.165) is 36.5 Å². The highest BCUT2D eigenvalue weighted by Crippen LogP contribution is 2.51. The third kappa shape index (κ3) is 4.17. The van der Waals surface area contributed by atoms with Gasteiger partial charge in [0.25, 0.3) is 5.91 Å². The molecule has 0 unspecified atom stereocenters. The molecule has 1 saturated carbocycles. The number of likely N-dealkylation sites (N-methyl/N-ethyl adjacent to an activating group) is 1. The van der Waals surface area contributed by atoms with Crippen LogP contribution in [0.2, 0.25) is 5.02 Å². The minimum Gasteiger partial charge on any atom is -0.493 e. The second kappa shape index (κ2) is 9.31. The summed E-state index contributed by atoms with van der Waals surface area (Å²) in [6.07, 6.45) is 4.31. The van der Waals surface area contributed by atoms with Crippen molar-refractivity contribution in [2.24, 2.45) is 0 Å². The van der Waals surface area contributed by atoms with E-state index in [-0.39, 0.29) is 24.0 Å². The Balaban J connectivity index is 1.40. The van der Waals surface area contributed by atoms with Crippen molar-refractivity contribution in [1.29, 1.82) is 0 Å². The summed E-state index contributed by atoms with van der Waals surface area (Å²) < 4.78 is 17.7. The minimum absolute atomic E-state index is 0.0278. The van der Waals surface area contributed by atoms with E-state index in [0.29, 0.717) is 46.7 Å². The number of anilines is 2. The summed E-state index contributed by atoms with van der Waals surface area (Å²) in [5, 5.41) is 7.02.